The number of benzene rings is 2. The van der Waals surface area contributed by atoms with Crippen LogP contribution in [0.4, 0.5) is 4.39 Å². The Bertz CT molecular complexity index is 484. The highest BCUT2D eigenvalue weighted by atomic mass is 79.9. The smallest absolute Gasteiger partial charge is 0.214 e. The molecule has 4 heteroatoms. The molecule has 0 fully saturated rings. The third-order valence-corrected chi connectivity index (χ3v) is 6.96. The Balaban J connectivity index is 2.60. The van der Waals surface area contributed by atoms with Gasteiger partial charge in [0, 0.05) is 10.6 Å². The van der Waals surface area contributed by atoms with Crippen molar-refractivity contribution < 1.29 is 8.96 Å². The number of hydrogen-bond donors (Lipinski definition) is 0. The molecule has 17 heavy (non-hydrogen) atoms. The van der Waals surface area contributed by atoms with Gasteiger partial charge in [0.15, 0.2) is 7.14 Å². The van der Waals surface area contributed by atoms with E-state index >= 15 is 0 Å². The predicted molar refractivity (Wildman–Crippen MR) is 73.6 cm³/mol. The van der Waals surface area contributed by atoms with Crippen LogP contribution in [0, 0.1) is 0 Å². The van der Waals surface area contributed by atoms with Crippen molar-refractivity contribution in [2.24, 2.45) is 0 Å². The Labute approximate surface area is 108 Å². The molecule has 1 unspecified atom stereocenters. The third kappa shape index (κ3) is 2.36. The topological polar surface area (TPSA) is 17.1 Å². The monoisotopic (exact) mass is 312 g/mol. The van der Waals surface area contributed by atoms with Crippen molar-refractivity contribution in [2.75, 3.05) is 0 Å². The number of halogens is 2. The summed E-state index contributed by atoms with van der Waals surface area (Å²) in [5.74, 6) is 0. The molecule has 0 bridgehead atoms. The highest BCUT2D eigenvalue weighted by Crippen LogP contribution is 2.51. The van der Waals surface area contributed by atoms with E-state index < -0.39 is 12.0 Å². The average Bonchev–Trinajstić information content (AvgIpc) is 2.39. The maximum atomic E-state index is 13.8. The Morgan fingerprint density at radius 2 is 1.24 bits per heavy atom. The summed E-state index contributed by atoms with van der Waals surface area (Å²) in [6.45, 7) is 0. The fourth-order valence-corrected chi connectivity index (χ4v) is 5.07. The van der Waals surface area contributed by atoms with Crippen LogP contribution < -0.4 is 10.6 Å². The summed E-state index contributed by atoms with van der Waals surface area (Å²) in [7, 11) is -3.25. The first-order valence-electron chi connectivity index (χ1n) is 5.15. The van der Waals surface area contributed by atoms with Crippen molar-refractivity contribution in [1.82, 2.24) is 0 Å². The Hall–Kier alpha value is -0.920. The van der Waals surface area contributed by atoms with E-state index in [1.54, 1.807) is 48.5 Å². The van der Waals surface area contributed by atoms with Gasteiger partial charge in [-0.15, -0.1) is 0 Å². The Morgan fingerprint density at radius 1 is 0.882 bits per heavy atom. The normalized spacial score (nSPS) is 13.3. The average molecular weight is 313 g/mol. The lowest BCUT2D eigenvalue weighted by Crippen LogP contribution is -2.20. The minimum atomic E-state index is -3.25. The van der Waals surface area contributed by atoms with Crippen molar-refractivity contribution in [1.29, 1.82) is 0 Å². The van der Waals surface area contributed by atoms with E-state index in [4.69, 9.17) is 0 Å². The second kappa shape index (κ2) is 5.16. The van der Waals surface area contributed by atoms with Crippen LogP contribution in [0.3, 0.4) is 0 Å². The zero-order chi connectivity index (χ0) is 12.3. The second-order valence-corrected chi connectivity index (χ2v) is 7.92. The number of alkyl halides is 2. The summed E-state index contributed by atoms with van der Waals surface area (Å²) >= 11 is 2.84. The van der Waals surface area contributed by atoms with E-state index in [2.05, 4.69) is 15.9 Å². The van der Waals surface area contributed by atoms with E-state index in [0.29, 0.717) is 10.6 Å². The predicted octanol–water partition coefficient (Wildman–Crippen LogP) is 3.65. The third-order valence-electron chi connectivity index (χ3n) is 2.55. The molecule has 0 amide bonds. The van der Waals surface area contributed by atoms with Gasteiger partial charge in [0.25, 0.3) is 0 Å². The maximum Gasteiger partial charge on any atom is 0.214 e. The largest absolute Gasteiger partial charge is 0.310 e. The highest BCUT2D eigenvalue weighted by molar-refractivity contribution is 9.10. The standard InChI is InChI=1S/C13H11BrFOP/c14-13(15)17(16,11-7-3-1-4-8-11)12-9-5-2-6-10-12/h1-10,13H. The molecule has 2 aromatic rings. The molecule has 0 saturated heterocycles. The summed E-state index contributed by atoms with van der Waals surface area (Å²) in [6.07, 6.45) is 0. The van der Waals surface area contributed by atoms with Gasteiger partial charge in [-0.2, -0.15) is 0 Å². The maximum absolute atomic E-state index is 13.8. The van der Waals surface area contributed by atoms with Crippen LogP contribution in [-0.2, 0) is 4.57 Å². The molecule has 0 aliphatic rings. The van der Waals surface area contributed by atoms with Crippen molar-refractivity contribution in [3.8, 4) is 0 Å². The van der Waals surface area contributed by atoms with Gasteiger partial charge in [-0.3, -0.25) is 0 Å². The van der Waals surface area contributed by atoms with Crippen molar-refractivity contribution >= 4 is 33.7 Å². The fraction of sp³-hybridized carbons (Fsp3) is 0.0769. The zero-order valence-electron chi connectivity index (χ0n) is 8.96. The van der Waals surface area contributed by atoms with Gasteiger partial charge >= 0.3 is 0 Å². The quantitative estimate of drug-likeness (QED) is 0.624. The minimum Gasteiger partial charge on any atom is -0.310 e. The lowest BCUT2D eigenvalue weighted by atomic mass is 10.4. The minimum absolute atomic E-state index is 0.524. The van der Waals surface area contributed by atoms with Crippen LogP contribution in [0.5, 0.6) is 0 Å². The molecule has 88 valence electrons. The first kappa shape index (κ1) is 12.5. The molecular formula is C13H11BrFOP. The number of rotatable bonds is 3. The first-order valence-corrected chi connectivity index (χ1v) is 7.84. The van der Waals surface area contributed by atoms with Gasteiger partial charge in [0.2, 0.25) is 4.82 Å². The summed E-state index contributed by atoms with van der Waals surface area (Å²) in [5.41, 5.74) is 0. The van der Waals surface area contributed by atoms with E-state index in [1.807, 2.05) is 12.1 Å². The van der Waals surface area contributed by atoms with Crippen LogP contribution in [0.1, 0.15) is 0 Å². The Morgan fingerprint density at radius 3 is 1.53 bits per heavy atom. The molecule has 0 N–H and O–H groups in total. The lowest BCUT2D eigenvalue weighted by molar-refractivity contribution is 0.524. The fourth-order valence-electron chi connectivity index (χ4n) is 1.67. The molecule has 0 heterocycles. The van der Waals surface area contributed by atoms with E-state index in [0.717, 1.165) is 0 Å². The van der Waals surface area contributed by atoms with Gasteiger partial charge in [0.05, 0.1) is 0 Å². The molecule has 2 aromatic carbocycles. The first-order chi connectivity index (χ1) is 8.15. The SMILES string of the molecule is O=P(c1ccccc1)(c1ccccc1)C(F)Br. The van der Waals surface area contributed by atoms with Gasteiger partial charge in [-0.25, -0.2) is 4.39 Å². The molecule has 0 aliphatic heterocycles. The molecule has 0 radical (unpaired) electrons. The van der Waals surface area contributed by atoms with Crippen LogP contribution in [-0.4, -0.2) is 4.82 Å². The Kier molecular flexibility index (Phi) is 3.80. The van der Waals surface area contributed by atoms with E-state index in [9.17, 15) is 8.96 Å². The van der Waals surface area contributed by atoms with Crippen molar-refractivity contribution in [2.45, 2.75) is 4.82 Å². The zero-order valence-corrected chi connectivity index (χ0v) is 11.4. The van der Waals surface area contributed by atoms with Crippen LogP contribution in [0.25, 0.3) is 0 Å². The molecule has 1 atom stereocenters. The van der Waals surface area contributed by atoms with Crippen LogP contribution in [0.15, 0.2) is 60.7 Å². The van der Waals surface area contributed by atoms with Crippen LogP contribution >= 0.6 is 23.1 Å². The summed E-state index contributed by atoms with van der Waals surface area (Å²) in [5, 5.41) is 1.05. The van der Waals surface area contributed by atoms with Gasteiger partial charge in [-0.05, 0) is 15.9 Å². The molecule has 0 aliphatic carbocycles. The molecule has 0 spiro atoms. The van der Waals surface area contributed by atoms with Gasteiger partial charge < -0.3 is 4.57 Å². The molecular weight excluding hydrogens is 302 g/mol. The van der Waals surface area contributed by atoms with E-state index in [1.165, 1.54) is 0 Å². The summed E-state index contributed by atoms with van der Waals surface area (Å²) in [6, 6.07) is 17.5. The molecule has 2 rings (SSSR count). The van der Waals surface area contributed by atoms with Crippen molar-refractivity contribution in [3.05, 3.63) is 60.7 Å². The van der Waals surface area contributed by atoms with E-state index in [-0.39, 0.29) is 0 Å². The van der Waals surface area contributed by atoms with Gasteiger partial charge in [0.1, 0.15) is 0 Å². The summed E-state index contributed by atoms with van der Waals surface area (Å²) < 4.78 is 26.7. The highest BCUT2D eigenvalue weighted by Gasteiger charge is 2.35. The van der Waals surface area contributed by atoms with Gasteiger partial charge in [-0.1, -0.05) is 60.7 Å². The number of hydrogen-bond acceptors (Lipinski definition) is 1. The molecule has 1 nitrogen and oxygen atoms in total. The van der Waals surface area contributed by atoms with Crippen LogP contribution in [0.2, 0.25) is 0 Å². The lowest BCUT2D eigenvalue weighted by Gasteiger charge is -2.19. The summed E-state index contributed by atoms with van der Waals surface area (Å²) in [4.78, 5) is -1.57. The van der Waals surface area contributed by atoms with Crippen molar-refractivity contribution in [3.63, 3.8) is 0 Å². The molecule has 0 saturated carbocycles. The molecule has 0 aromatic heterocycles. The second-order valence-electron chi connectivity index (χ2n) is 3.61.